The highest BCUT2D eigenvalue weighted by atomic mass is 31.2. The van der Waals surface area contributed by atoms with E-state index in [1.54, 1.807) is 0 Å². The number of phosphoric acid groups is 1. The largest absolute Gasteiger partial charge is 0.469 e. The second kappa shape index (κ2) is 30.6. The van der Waals surface area contributed by atoms with Crippen molar-refractivity contribution < 1.29 is 37.9 Å². The van der Waals surface area contributed by atoms with E-state index in [-0.39, 0.29) is 19.4 Å². The summed E-state index contributed by atoms with van der Waals surface area (Å²) in [6.07, 6.45) is 31.8. The Bertz CT molecular complexity index is 761. The van der Waals surface area contributed by atoms with Crippen LogP contribution in [-0.4, -0.2) is 41.0 Å². The molecule has 0 amide bonds. The number of hydrogen-bond acceptors (Lipinski definition) is 6. The first-order valence-electron chi connectivity index (χ1n) is 17.1. The summed E-state index contributed by atoms with van der Waals surface area (Å²) in [6.45, 7) is 3.60. The second-order valence-corrected chi connectivity index (χ2v) is 12.7. The molecule has 0 aliphatic carbocycles. The van der Waals surface area contributed by atoms with Crippen LogP contribution in [0.2, 0.25) is 0 Å². The Morgan fingerprint density at radius 1 is 0.581 bits per heavy atom. The van der Waals surface area contributed by atoms with Crippen LogP contribution in [0.5, 0.6) is 0 Å². The van der Waals surface area contributed by atoms with Gasteiger partial charge in [-0.2, -0.15) is 0 Å². The first kappa shape index (κ1) is 41.5. The molecular weight excluding hydrogens is 567 g/mol. The minimum Gasteiger partial charge on any atom is -0.462 e. The highest BCUT2D eigenvalue weighted by Gasteiger charge is 2.22. The van der Waals surface area contributed by atoms with Gasteiger partial charge in [-0.15, -0.1) is 0 Å². The summed E-state index contributed by atoms with van der Waals surface area (Å²) >= 11 is 0. The summed E-state index contributed by atoms with van der Waals surface area (Å²) in [6, 6.07) is 0. The van der Waals surface area contributed by atoms with Crippen molar-refractivity contribution in [2.24, 2.45) is 0 Å². The zero-order chi connectivity index (χ0) is 31.9. The Kier molecular flexibility index (Phi) is 29.5. The maximum Gasteiger partial charge on any atom is 0.469 e. The van der Waals surface area contributed by atoms with Crippen molar-refractivity contribution in [1.29, 1.82) is 0 Å². The van der Waals surface area contributed by atoms with Crippen LogP contribution in [0, 0.1) is 0 Å². The van der Waals surface area contributed by atoms with Gasteiger partial charge in [-0.25, -0.2) is 4.57 Å². The lowest BCUT2D eigenvalue weighted by molar-refractivity contribution is -0.161. The van der Waals surface area contributed by atoms with Crippen LogP contribution in [0.3, 0.4) is 0 Å². The van der Waals surface area contributed by atoms with Crippen molar-refractivity contribution in [3.63, 3.8) is 0 Å². The third-order valence-electron chi connectivity index (χ3n) is 7.19. The van der Waals surface area contributed by atoms with Crippen LogP contribution in [-0.2, 0) is 28.2 Å². The van der Waals surface area contributed by atoms with Gasteiger partial charge in [0.05, 0.1) is 6.61 Å². The van der Waals surface area contributed by atoms with Gasteiger partial charge >= 0.3 is 19.8 Å². The summed E-state index contributed by atoms with van der Waals surface area (Å²) in [4.78, 5) is 42.5. The molecule has 0 radical (unpaired) electrons. The van der Waals surface area contributed by atoms with E-state index >= 15 is 0 Å². The van der Waals surface area contributed by atoms with E-state index in [4.69, 9.17) is 19.3 Å². The van der Waals surface area contributed by atoms with Gasteiger partial charge in [0.1, 0.15) is 6.61 Å². The average molecular weight is 631 g/mol. The maximum absolute atomic E-state index is 12.3. The van der Waals surface area contributed by atoms with Gasteiger partial charge in [0, 0.05) is 12.8 Å². The van der Waals surface area contributed by atoms with E-state index in [1.165, 1.54) is 57.8 Å². The molecule has 252 valence electrons. The quantitative estimate of drug-likeness (QED) is 0.0336. The molecule has 0 bridgehead atoms. The van der Waals surface area contributed by atoms with Crippen LogP contribution in [0.4, 0.5) is 0 Å². The predicted octanol–water partition coefficient (Wildman–Crippen LogP) is 9.68. The first-order valence-corrected chi connectivity index (χ1v) is 18.7. The van der Waals surface area contributed by atoms with Gasteiger partial charge in [-0.3, -0.25) is 14.1 Å². The fourth-order valence-corrected chi connectivity index (χ4v) is 4.96. The van der Waals surface area contributed by atoms with Crippen LogP contribution in [0.1, 0.15) is 162 Å². The number of carbonyl (C=O) groups is 2. The molecule has 8 nitrogen and oxygen atoms in total. The number of esters is 2. The van der Waals surface area contributed by atoms with Gasteiger partial charge in [-0.1, -0.05) is 109 Å². The maximum atomic E-state index is 12.3. The SMILES string of the molecule is CCCCC/C=C\CCCCCCCC(=O)OCC(COP(=O)(O)O)OC(=O)CCCCCCC/C=C\CCCCCC. The summed E-state index contributed by atoms with van der Waals surface area (Å²) in [5.74, 6) is -0.907. The molecular formula is C34H63O8P. The lowest BCUT2D eigenvalue weighted by Crippen LogP contribution is -2.29. The fourth-order valence-electron chi connectivity index (χ4n) is 4.60. The minimum atomic E-state index is -4.74. The number of hydrogen-bond donors (Lipinski definition) is 2. The van der Waals surface area contributed by atoms with Crippen LogP contribution < -0.4 is 0 Å². The van der Waals surface area contributed by atoms with E-state index in [0.717, 1.165) is 64.2 Å². The predicted molar refractivity (Wildman–Crippen MR) is 175 cm³/mol. The Morgan fingerprint density at radius 3 is 1.47 bits per heavy atom. The standard InChI is InChI=1S/C34H63O8P/c1-3-5-7-9-11-13-15-17-19-21-23-25-27-29-34(36)42-32(31-41-43(37,38)39)30-40-33(35)28-26-24-22-20-18-16-14-12-10-8-6-4-2/h12-15,32H,3-11,16-31H2,1-2H3,(H2,37,38,39)/b14-12-,15-13-. The molecule has 0 aliphatic heterocycles. The number of rotatable bonds is 31. The zero-order valence-electron chi connectivity index (χ0n) is 27.4. The Labute approximate surface area is 262 Å². The van der Waals surface area contributed by atoms with Gasteiger partial charge in [0.25, 0.3) is 0 Å². The molecule has 0 aliphatic rings. The first-order chi connectivity index (χ1) is 20.8. The molecule has 0 aromatic carbocycles. The minimum absolute atomic E-state index is 0.201. The highest BCUT2D eigenvalue weighted by molar-refractivity contribution is 7.46. The van der Waals surface area contributed by atoms with E-state index < -0.39 is 32.5 Å². The van der Waals surface area contributed by atoms with Crippen molar-refractivity contribution >= 4 is 19.8 Å². The molecule has 0 aromatic heterocycles. The molecule has 0 heterocycles. The zero-order valence-corrected chi connectivity index (χ0v) is 28.2. The molecule has 0 saturated heterocycles. The lowest BCUT2D eigenvalue weighted by atomic mass is 10.1. The molecule has 43 heavy (non-hydrogen) atoms. The van der Waals surface area contributed by atoms with E-state index in [0.29, 0.717) is 12.8 Å². The van der Waals surface area contributed by atoms with Crippen molar-refractivity contribution in [3.8, 4) is 0 Å². The molecule has 1 unspecified atom stereocenters. The third kappa shape index (κ3) is 33.3. The van der Waals surface area contributed by atoms with Gasteiger partial charge in [-0.05, 0) is 64.2 Å². The number of allylic oxidation sites excluding steroid dienone is 4. The summed E-state index contributed by atoms with van der Waals surface area (Å²) in [5, 5.41) is 0. The summed E-state index contributed by atoms with van der Waals surface area (Å²) in [5.41, 5.74) is 0. The number of phosphoric ester groups is 1. The summed E-state index contributed by atoms with van der Waals surface area (Å²) < 4.78 is 26.2. The van der Waals surface area contributed by atoms with E-state index in [2.05, 4.69) is 42.7 Å². The number of carbonyl (C=O) groups excluding carboxylic acids is 2. The molecule has 9 heteroatoms. The normalized spacial score (nSPS) is 12.7. The van der Waals surface area contributed by atoms with Crippen LogP contribution in [0.15, 0.2) is 24.3 Å². The van der Waals surface area contributed by atoms with Crippen molar-refractivity contribution in [1.82, 2.24) is 0 Å². The van der Waals surface area contributed by atoms with Crippen molar-refractivity contribution in [2.45, 2.75) is 168 Å². The van der Waals surface area contributed by atoms with Crippen LogP contribution in [0.25, 0.3) is 0 Å². The van der Waals surface area contributed by atoms with Gasteiger partial charge in [0.15, 0.2) is 6.10 Å². The third-order valence-corrected chi connectivity index (χ3v) is 7.68. The molecule has 1 atom stereocenters. The van der Waals surface area contributed by atoms with Gasteiger partial charge in [0.2, 0.25) is 0 Å². The van der Waals surface area contributed by atoms with Gasteiger partial charge < -0.3 is 19.3 Å². The Hall–Kier alpha value is -1.47. The van der Waals surface area contributed by atoms with Crippen molar-refractivity contribution in [3.05, 3.63) is 24.3 Å². The molecule has 0 rings (SSSR count). The monoisotopic (exact) mass is 630 g/mol. The van der Waals surface area contributed by atoms with E-state index in [9.17, 15) is 14.2 Å². The fraction of sp³-hybridized carbons (Fsp3) is 0.824. The smallest absolute Gasteiger partial charge is 0.462 e. The Balaban J connectivity index is 4.04. The Morgan fingerprint density at radius 2 is 0.977 bits per heavy atom. The van der Waals surface area contributed by atoms with Crippen molar-refractivity contribution in [2.75, 3.05) is 13.2 Å². The highest BCUT2D eigenvalue weighted by Crippen LogP contribution is 2.35. The molecule has 2 N–H and O–H groups in total. The number of ether oxygens (including phenoxy) is 2. The van der Waals surface area contributed by atoms with E-state index in [1.807, 2.05) is 0 Å². The van der Waals surface area contributed by atoms with Crippen LogP contribution >= 0.6 is 7.82 Å². The second-order valence-electron chi connectivity index (χ2n) is 11.5. The average Bonchev–Trinajstić information content (AvgIpc) is 2.97. The number of unbranched alkanes of at least 4 members (excludes halogenated alkanes) is 17. The molecule has 0 spiro atoms. The summed E-state index contributed by atoms with van der Waals surface area (Å²) in [7, 11) is -4.74. The molecule has 0 aromatic rings. The lowest BCUT2D eigenvalue weighted by Gasteiger charge is -2.18. The topological polar surface area (TPSA) is 119 Å². The molecule has 0 fully saturated rings. The molecule has 0 saturated carbocycles.